The molecule has 3 heteroatoms. The van der Waals surface area contributed by atoms with Gasteiger partial charge in [0.15, 0.2) is 0 Å². The smallest absolute Gasteiger partial charge is 0.325 e. The van der Waals surface area contributed by atoms with Crippen LogP contribution in [-0.4, -0.2) is 29.1 Å². The first-order valence-corrected chi connectivity index (χ1v) is 5.61. The fourth-order valence-corrected chi connectivity index (χ4v) is 2.25. The second-order valence-corrected chi connectivity index (χ2v) is 4.60. The van der Waals surface area contributed by atoms with Crippen LogP contribution in [0.4, 0.5) is 0 Å². The third kappa shape index (κ3) is 2.09. The summed E-state index contributed by atoms with van der Waals surface area (Å²) in [5, 5.41) is 9.32. The van der Waals surface area contributed by atoms with Crippen LogP contribution in [0.1, 0.15) is 24.9 Å². The minimum Gasteiger partial charge on any atom is -0.480 e. The second kappa shape index (κ2) is 4.26. The Hall–Kier alpha value is -1.35. The minimum absolute atomic E-state index is 0.418. The Bertz CT molecular complexity index is 377. The third-order valence-electron chi connectivity index (χ3n) is 3.35. The van der Waals surface area contributed by atoms with Crippen LogP contribution in [-0.2, 0) is 4.79 Å². The van der Waals surface area contributed by atoms with Crippen molar-refractivity contribution < 1.29 is 9.90 Å². The molecule has 0 radical (unpaired) electrons. The van der Waals surface area contributed by atoms with Crippen molar-refractivity contribution in [2.75, 3.05) is 7.05 Å². The van der Waals surface area contributed by atoms with Crippen molar-refractivity contribution in [3.05, 3.63) is 35.9 Å². The predicted molar refractivity (Wildman–Crippen MR) is 62.2 cm³/mol. The van der Waals surface area contributed by atoms with Gasteiger partial charge in [0.05, 0.1) is 0 Å². The molecule has 0 saturated heterocycles. The quantitative estimate of drug-likeness (QED) is 0.843. The third-order valence-corrected chi connectivity index (χ3v) is 3.35. The number of rotatable bonds is 4. The number of hydrogen-bond donors (Lipinski definition) is 1. The van der Waals surface area contributed by atoms with E-state index in [1.807, 2.05) is 42.3 Å². The Morgan fingerprint density at radius 1 is 1.44 bits per heavy atom. The van der Waals surface area contributed by atoms with E-state index in [-0.39, 0.29) is 0 Å². The molecule has 0 bridgehead atoms. The number of carboxylic acids is 1. The monoisotopic (exact) mass is 219 g/mol. The highest BCUT2D eigenvalue weighted by Gasteiger charge is 2.41. The van der Waals surface area contributed by atoms with Gasteiger partial charge in [-0.05, 0) is 24.9 Å². The van der Waals surface area contributed by atoms with Gasteiger partial charge in [0, 0.05) is 6.04 Å². The first kappa shape index (κ1) is 11.1. The molecule has 0 heterocycles. The van der Waals surface area contributed by atoms with Crippen LogP contribution >= 0.6 is 0 Å². The number of aliphatic carboxylic acids is 1. The summed E-state index contributed by atoms with van der Waals surface area (Å²) in [5.41, 5.74) is 0.858. The first-order chi connectivity index (χ1) is 7.61. The van der Waals surface area contributed by atoms with E-state index in [1.165, 1.54) is 0 Å². The fourth-order valence-electron chi connectivity index (χ4n) is 2.25. The van der Waals surface area contributed by atoms with Gasteiger partial charge in [-0.1, -0.05) is 37.3 Å². The van der Waals surface area contributed by atoms with Crippen molar-refractivity contribution in [1.82, 2.24) is 4.90 Å². The lowest BCUT2D eigenvalue weighted by atomic mass is 10.1. The molecule has 3 unspecified atom stereocenters. The zero-order valence-electron chi connectivity index (χ0n) is 9.63. The molecule has 0 aliphatic heterocycles. The molecule has 2 rings (SSSR count). The molecule has 1 N–H and O–H groups in total. The largest absolute Gasteiger partial charge is 0.480 e. The fraction of sp³-hybridized carbons (Fsp3) is 0.462. The van der Waals surface area contributed by atoms with Crippen LogP contribution in [0.3, 0.4) is 0 Å². The van der Waals surface area contributed by atoms with Crippen LogP contribution in [0.2, 0.25) is 0 Å². The normalized spacial score (nSPS) is 25.4. The molecule has 1 aliphatic carbocycles. The van der Waals surface area contributed by atoms with Gasteiger partial charge < -0.3 is 5.11 Å². The zero-order valence-corrected chi connectivity index (χ0v) is 9.63. The number of carbonyl (C=O) groups is 1. The van der Waals surface area contributed by atoms with Crippen molar-refractivity contribution in [3.63, 3.8) is 0 Å². The zero-order chi connectivity index (χ0) is 11.7. The number of likely N-dealkylation sites (N-methyl/N-ethyl adjacent to an activating group) is 1. The van der Waals surface area contributed by atoms with Crippen LogP contribution in [0.5, 0.6) is 0 Å². The molecule has 1 saturated carbocycles. The molecule has 1 aromatic rings. The number of nitrogens with zero attached hydrogens (tertiary/aromatic N) is 1. The van der Waals surface area contributed by atoms with E-state index in [0.29, 0.717) is 12.0 Å². The average molecular weight is 219 g/mol. The molecule has 86 valence electrons. The Labute approximate surface area is 95.7 Å². The molecular weight excluding hydrogens is 202 g/mol. The molecule has 0 amide bonds. The van der Waals surface area contributed by atoms with E-state index in [1.54, 1.807) is 0 Å². The van der Waals surface area contributed by atoms with Crippen molar-refractivity contribution in [1.29, 1.82) is 0 Å². The second-order valence-electron chi connectivity index (χ2n) is 4.60. The van der Waals surface area contributed by atoms with E-state index in [2.05, 4.69) is 6.92 Å². The van der Waals surface area contributed by atoms with Crippen LogP contribution in [0.25, 0.3) is 0 Å². The molecule has 1 aromatic carbocycles. The van der Waals surface area contributed by atoms with Gasteiger partial charge in [0.2, 0.25) is 0 Å². The molecule has 1 fully saturated rings. The van der Waals surface area contributed by atoms with E-state index in [0.717, 1.165) is 12.0 Å². The van der Waals surface area contributed by atoms with E-state index in [4.69, 9.17) is 0 Å². The lowest BCUT2D eigenvalue weighted by molar-refractivity contribution is -0.143. The van der Waals surface area contributed by atoms with Gasteiger partial charge >= 0.3 is 5.97 Å². The Kier molecular flexibility index (Phi) is 2.97. The molecular formula is C13H17NO2. The van der Waals surface area contributed by atoms with E-state index in [9.17, 15) is 9.90 Å². The summed E-state index contributed by atoms with van der Waals surface area (Å²) in [6.45, 7) is 2.16. The maximum absolute atomic E-state index is 11.3. The molecule has 0 spiro atoms. The van der Waals surface area contributed by atoms with Gasteiger partial charge in [0.1, 0.15) is 6.04 Å². The minimum atomic E-state index is -0.771. The van der Waals surface area contributed by atoms with Crippen LogP contribution < -0.4 is 0 Å². The summed E-state index contributed by atoms with van der Waals surface area (Å²) >= 11 is 0. The average Bonchev–Trinajstić information content (AvgIpc) is 2.97. The SMILES string of the molecule is CC1CC1N(C)C(C(=O)O)c1ccccc1. The lowest BCUT2D eigenvalue weighted by Crippen LogP contribution is -2.33. The number of carboxylic acid groups (broad SMARTS) is 1. The molecule has 0 aromatic heterocycles. The highest BCUT2D eigenvalue weighted by molar-refractivity contribution is 5.75. The van der Waals surface area contributed by atoms with Crippen molar-refractivity contribution >= 4 is 5.97 Å². The highest BCUT2D eigenvalue weighted by Crippen LogP contribution is 2.38. The first-order valence-electron chi connectivity index (χ1n) is 5.61. The van der Waals surface area contributed by atoms with Crippen molar-refractivity contribution in [2.45, 2.75) is 25.4 Å². The van der Waals surface area contributed by atoms with Gasteiger partial charge in [-0.15, -0.1) is 0 Å². The standard InChI is InChI=1S/C13H17NO2/c1-9-8-11(9)14(2)12(13(15)16)10-6-4-3-5-7-10/h3-7,9,11-12H,8H2,1-2H3,(H,15,16). The summed E-state index contributed by atoms with van der Waals surface area (Å²) in [7, 11) is 1.90. The predicted octanol–water partition coefficient (Wildman–Crippen LogP) is 2.15. The van der Waals surface area contributed by atoms with E-state index < -0.39 is 12.0 Å². The molecule has 1 aliphatic rings. The van der Waals surface area contributed by atoms with Gasteiger partial charge in [-0.3, -0.25) is 9.69 Å². The molecule has 3 nitrogen and oxygen atoms in total. The van der Waals surface area contributed by atoms with Gasteiger partial charge in [-0.2, -0.15) is 0 Å². The summed E-state index contributed by atoms with van der Waals surface area (Å²) < 4.78 is 0. The lowest BCUT2D eigenvalue weighted by Gasteiger charge is -2.25. The maximum Gasteiger partial charge on any atom is 0.325 e. The topological polar surface area (TPSA) is 40.5 Å². The summed E-state index contributed by atoms with van der Waals surface area (Å²) in [5.74, 6) is -0.150. The summed E-state index contributed by atoms with van der Waals surface area (Å²) in [4.78, 5) is 13.3. The molecule has 16 heavy (non-hydrogen) atoms. The summed E-state index contributed by atoms with van der Waals surface area (Å²) in [6.07, 6.45) is 1.10. The van der Waals surface area contributed by atoms with Crippen molar-refractivity contribution in [3.8, 4) is 0 Å². The number of benzene rings is 1. The Balaban J connectivity index is 2.21. The molecule has 3 atom stereocenters. The highest BCUT2D eigenvalue weighted by atomic mass is 16.4. The van der Waals surface area contributed by atoms with Crippen molar-refractivity contribution in [2.24, 2.45) is 5.92 Å². The van der Waals surface area contributed by atoms with Gasteiger partial charge in [-0.25, -0.2) is 0 Å². The Morgan fingerprint density at radius 3 is 2.44 bits per heavy atom. The maximum atomic E-state index is 11.3. The summed E-state index contributed by atoms with van der Waals surface area (Å²) in [6, 6.07) is 9.33. The van der Waals surface area contributed by atoms with Crippen LogP contribution in [0, 0.1) is 5.92 Å². The van der Waals surface area contributed by atoms with E-state index >= 15 is 0 Å². The van der Waals surface area contributed by atoms with Crippen LogP contribution in [0.15, 0.2) is 30.3 Å². The number of hydrogen-bond acceptors (Lipinski definition) is 2. The Morgan fingerprint density at radius 2 is 2.00 bits per heavy atom. The van der Waals surface area contributed by atoms with Gasteiger partial charge in [0.25, 0.3) is 0 Å².